The number of rotatable bonds is 3. The summed E-state index contributed by atoms with van der Waals surface area (Å²) >= 11 is 0. The second-order valence-electron chi connectivity index (χ2n) is 5.48. The molecule has 0 amide bonds. The summed E-state index contributed by atoms with van der Waals surface area (Å²) in [6, 6.07) is 7.86. The Morgan fingerprint density at radius 3 is 2.71 bits per heavy atom. The topological polar surface area (TPSA) is 56.2 Å². The molecular formula is C16H16F3N3O2. The highest BCUT2D eigenvalue weighted by atomic mass is 19.4. The van der Waals surface area contributed by atoms with Crippen LogP contribution in [0.4, 0.5) is 19.0 Å². The number of anilines is 1. The van der Waals surface area contributed by atoms with Gasteiger partial charge in [-0.3, -0.25) is 0 Å². The number of benzene rings is 1. The van der Waals surface area contributed by atoms with Gasteiger partial charge in [-0.1, -0.05) is 30.3 Å². The first-order valence-electron chi connectivity index (χ1n) is 7.55. The molecule has 0 saturated carbocycles. The van der Waals surface area contributed by atoms with Crippen LogP contribution in [0.15, 0.2) is 36.4 Å². The first-order valence-corrected chi connectivity index (χ1v) is 7.55. The lowest BCUT2D eigenvalue weighted by Gasteiger charge is -2.33. The maximum absolute atomic E-state index is 13.5. The van der Waals surface area contributed by atoms with Crippen molar-refractivity contribution in [1.29, 1.82) is 0 Å². The van der Waals surface area contributed by atoms with Gasteiger partial charge in [-0.25, -0.2) is 9.48 Å². The van der Waals surface area contributed by atoms with Gasteiger partial charge in [-0.05, 0) is 12.5 Å². The van der Waals surface area contributed by atoms with Gasteiger partial charge in [-0.15, -0.1) is 0 Å². The van der Waals surface area contributed by atoms with Gasteiger partial charge < -0.3 is 10.1 Å². The van der Waals surface area contributed by atoms with E-state index in [9.17, 15) is 18.0 Å². The number of halogens is 3. The summed E-state index contributed by atoms with van der Waals surface area (Å²) in [5, 5.41) is 6.83. The zero-order chi connectivity index (χ0) is 17.3. The lowest BCUT2D eigenvalue weighted by atomic mass is 9.97. The van der Waals surface area contributed by atoms with E-state index in [0.29, 0.717) is 0 Å². The van der Waals surface area contributed by atoms with Gasteiger partial charge in [0.25, 0.3) is 0 Å². The van der Waals surface area contributed by atoms with Crippen LogP contribution in [-0.2, 0) is 4.74 Å². The van der Waals surface area contributed by atoms with Crippen molar-refractivity contribution in [2.75, 3.05) is 11.9 Å². The third kappa shape index (κ3) is 3.08. The van der Waals surface area contributed by atoms with Gasteiger partial charge in [-0.2, -0.15) is 18.3 Å². The zero-order valence-electron chi connectivity index (χ0n) is 12.9. The van der Waals surface area contributed by atoms with Crippen molar-refractivity contribution >= 4 is 11.8 Å². The summed E-state index contributed by atoms with van der Waals surface area (Å²) < 4.78 is 46.0. The van der Waals surface area contributed by atoms with E-state index in [1.807, 2.05) is 0 Å². The number of aromatic nitrogens is 2. The summed E-state index contributed by atoms with van der Waals surface area (Å²) in [4.78, 5) is 11.8. The van der Waals surface area contributed by atoms with E-state index in [4.69, 9.17) is 4.74 Å². The van der Waals surface area contributed by atoms with Gasteiger partial charge in [0, 0.05) is 12.5 Å². The van der Waals surface area contributed by atoms with Crippen LogP contribution in [0.25, 0.3) is 0 Å². The van der Waals surface area contributed by atoms with Crippen molar-refractivity contribution in [1.82, 2.24) is 9.78 Å². The number of nitrogens with zero attached hydrogens (tertiary/aromatic N) is 2. The highest BCUT2D eigenvalue weighted by molar-refractivity contribution is 5.88. The molecule has 1 N–H and O–H groups in total. The van der Waals surface area contributed by atoms with Crippen LogP contribution in [0.3, 0.4) is 0 Å². The molecule has 0 spiro atoms. The fourth-order valence-electron chi connectivity index (χ4n) is 2.78. The molecule has 8 heteroatoms. The highest BCUT2D eigenvalue weighted by Gasteiger charge is 2.46. The van der Waals surface area contributed by atoms with E-state index in [1.165, 1.54) is 6.07 Å². The number of ether oxygens (including phenoxy) is 1. The van der Waals surface area contributed by atoms with Gasteiger partial charge in [0.05, 0.1) is 12.6 Å². The van der Waals surface area contributed by atoms with E-state index >= 15 is 0 Å². The van der Waals surface area contributed by atoms with Crippen molar-refractivity contribution in [3.8, 4) is 0 Å². The lowest BCUT2D eigenvalue weighted by Crippen LogP contribution is -2.35. The van der Waals surface area contributed by atoms with Crippen LogP contribution < -0.4 is 5.32 Å². The van der Waals surface area contributed by atoms with Crippen LogP contribution >= 0.6 is 0 Å². The Kier molecular flexibility index (Phi) is 4.21. The number of fused-ring (bicyclic) bond motifs is 1. The summed E-state index contributed by atoms with van der Waals surface area (Å²) in [6.07, 6.45) is -4.67. The number of carbonyl (C=O) groups excluding carboxylic acids is 1. The second kappa shape index (κ2) is 6.18. The minimum atomic E-state index is -4.47. The summed E-state index contributed by atoms with van der Waals surface area (Å²) in [5.41, 5.74) is 0.610. The third-order valence-corrected chi connectivity index (χ3v) is 3.88. The highest BCUT2D eigenvalue weighted by Crippen LogP contribution is 2.43. The summed E-state index contributed by atoms with van der Waals surface area (Å²) in [5.74, 6) is -0.584. The predicted octanol–water partition coefficient (Wildman–Crippen LogP) is 3.72. The molecule has 1 aromatic carbocycles. The van der Waals surface area contributed by atoms with Gasteiger partial charge in [0.2, 0.25) is 0 Å². The quantitative estimate of drug-likeness (QED) is 0.866. The molecule has 24 heavy (non-hydrogen) atoms. The van der Waals surface area contributed by atoms with Crippen molar-refractivity contribution < 1.29 is 22.7 Å². The SMILES string of the molecule is CCOC(=O)c1cc2n(n1)[C@@H](C(F)(F)F)C[C@@H](c1ccccc1)N2. The Morgan fingerprint density at radius 1 is 1.38 bits per heavy atom. The fraction of sp³-hybridized carbons (Fsp3) is 0.375. The minimum absolute atomic E-state index is 0.129. The number of hydrogen-bond donors (Lipinski definition) is 1. The number of nitrogens with one attached hydrogen (secondary N) is 1. The molecule has 3 rings (SSSR count). The maximum atomic E-state index is 13.5. The van der Waals surface area contributed by atoms with Crippen molar-refractivity contribution in [2.45, 2.75) is 31.6 Å². The Bertz CT molecular complexity index is 728. The van der Waals surface area contributed by atoms with Crippen LogP contribution in [0.1, 0.15) is 41.5 Å². The number of alkyl halides is 3. The first-order chi connectivity index (χ1) is 11.4. The average Bonchev–Trinajstić information content (AvgIpc) is 2.98. The molecule has 0 fully saturated rings. The largest absolute Gasteiger partial charge is 0.461 e. The van der Waals surface area contributed by atoms with Gasteiger partial charge in [0.1, 0.15) is 5.82 Å². The van der Waals surface area contributed by atoms with E-state index in [2.05, 4.69) is 10.4 Å². The third-order valence-electron chi connectivity index (χ3n) is 3.88. The maximum Gasteiger partial charge on any atom is 0.410 e. The molecule has 1 aliphatic heterocycles. The van der Waals surface area contributed by atoms with Crippen molar-refractivity contribution in [2.24, 2.45) is 0 Å². The molecule has 0 aliphatic carbocycles. The van der Waals surface area contributed by atoms with Crippen LogP contribution in [0, 0.1) is 0 Å². The molecule has 128 valence electrons. The Balaban J connectivity index is 1.98. The van der Waals surface area contributed by atoms with E-state index < -0.39 is 24.2 Å². The molecule has 0 bridgehead atoms. The van der Waals surface area contributed by atoms with Crippen molar-refractivity contribution in [3.63, 3.8) is 0 Å². The average molecular weight is 339 g/mol. The molecule has 1 aromatic heterocycles. The Hall–Kier alpha value is -2.51. The predicted molar refractivity (Wildman–Crippen MR) is 80.7 cm³/mol. The number of carbonyl (C=O) groups is 1. The molecule has 2 heterocycles. The van der Waals surface area contributed by atoms with Gasteiger partial charge in [0.15, 0.2) is 11.7 Å². The monoisotopic (exact) mass is 339 g/mol. The molecule has 2 atom stereocenters. The molecular weight excluding hydrogens is 323 g/mol. The first kappa shape index (κ1) is 16.4. The van der Waals surface area contributed by atoms with E-state index in [1.54, 1.807) is 37.3 Å². The normalized spacial score (nSPS) is 20.2. The molecule has 0 radical (unpaired) electrons. The Morgan fingerprint density at radius 2 is 2.08 bits per heavy atom. The lowest BCUT2D eigenvalue weighted by molar-refractivity contribution is -0.173. The number of esters is 1. The van der Waals surface area contributed by atoms with Gasteiger partial charge >= 0.3 is 12.1 Å². The minimum Gasteiger partial charge on any atom is -0.461 e. The molecule has 2 aromatic rings. The molecule has 0 saturated heterocycles. The molecule has 0 unspecified atom stereocenters. The second-order valence-corrected chi connectivity index (χ2v) is 5.48. The zero-order valence-corrected chi connectivity index (χ0v) is 12.9. The number of hydrogen-bond acceptors (Lipinski definition) is 4. The van der Waals surface area contributed by atoms with E-state index in [-0.39, 0.29) is 24.5 Å². The Labute approximate surface area is 136 Å². The smallest absolute Gasteiger partial charge is 0.410 e. The summed E-state index contributed by atoms with van der Waals surface area (Å²) in [6.45, 7) is 1.75. The summed E-state index contributed by atoms with van der Waals surface area (Å²) in [7, 11) is 0. The molecule has 1 aliphatic rings. The van der Waals surface area contributed by atoms with Crippen LogP contribution in [-0.4, -0.2) is 28.5 Å². The van der Waals surface area contributed by atoms with E-state index in [0.717, 1.165) is 10.2 Å². The standard InChI is InChI=1S/C16H16F3N3O2/c1-2-24-15(23)12-9-14-20-11(10-6-4-3-5-7-10)8-13(16(17,18)19)22(14)21-12/h3-7,9,11,13,20H,2,8H2,1H3/t11-,13+/m0/s1. The fourth-order valence-corrected chi connectivity index (χ4v) is 2.78. The van der Waals surface area contributed by atoms with Crippen molar-refractivity contribution in [3.05, 3.63) is 47.7 Å². The van der Waals surface area contributed by atoms with Crippen LogP contribution in [0.2, 0.25) is 0 Å². The van der Waals surface area contributed by atoms with Crippen LogP contribution in [0.5, 0.6) is 0 Å². The molecule has 5 nitrogen and oxygen atoms in total.